The second-order valence-corrected chi connectivity index (χ2v) is 5.18. The van der Waals surface area contributed by atoms with Crippen molar-refractivity contribution in [1.82, 2.24) is 0 Å². The van der Waals surface area contributed by atoms with Gasteiger partial charge in [-0.25, -0.2) is 0 Å². The van der Waals surface area contributed by atoms with Crippen LogP contribution in [0.25, 0.3) is 0 Å². The molecule has 0 aliphatic carbocycles. The molecule has 0 saturated carbocycles. The maximum absolute atomic E-state index is 5.60. The summed E-state index contributed by atoms with van der Waals surface area (Å²) in [6.45, 7) is 1.48. The fourth-order valence-corrected chi connectivity index (χ4v) is 2.49. The van der Waals surface area contributed by atoms with Crippen LogP contribution >= 0.6 is 15.9 Å². The standard InChI is InChI=1S/C15H17BrN2/c1-18(15-5-3-2-4-14(15)16)11-13-8-6-12(10-17)7-9-13/h2-9H,10-11,17H2,1H3. The SMILES string of the molecule is CN(Cc1ccc(CN)cc1)c1ccccc1Br. The normalized spacial score (nSPS) is 10.4. The van der Waals surface area contributed by atoms with Crippen molar-refractivity contribution >= 4 is 21.6 Å². The van der Waals surface area contributed by atoms with Crippen molar-refractivity contribution in [3.8, 4) is 0 Å². The first-order valence-electron chi connectivity index (χ1n) is 5.94. The van der Waals surface area contributed by atoms with Crippen LogP contribution in [0.4, 0.5) is 5.69 Å². The van der Waals surface area contributed by atoms with Crippen molar-refractivity contribution in [1.29, 1.82) is 0 Å². The molecular formula is C15H17BrN2. The van der Waals surface area contributed by atoms with Crippen LogP contribution in [-0.4, -0.2) is 7.05 Å². The number of para-hydroxylation sites is 1. The number of rotatable bonds is 4. The molecule has 0 aromatic heterocycles. The number of anilines is 1. The molecule has 3 heteroatoms. The molecule has 0 aliphatic heterocycles. The van der Waals surface area contributed by atoms with E-state index in [-0.39, 0.29) is 0 Å². The van der Waals surface area contributed by atoms with Crippen molar-refractivity contribution in [3.63, 3.8) is 0 Å². The lowest BCUT2D eigenvalue weighted by molar-refractivity contribution is 0.917. The molecular weight excluding hydrogens is 288 g/mol. The maximum atomic E-state index is 5.60. The van der Waals surface area contributed by atoms with E-state index < -0.39 is 0 Å². The average molecular weight is 305 g/mol. The van der Waals surface area contributed by atoms with Crippen molar-refractivity contribution in [2.24, 2.45) is 5.73 Å². The second kappa shape index (κ2) is 6.03. The molecule has 0 radical (unpaired) electrons. The minimum absolute atomic E-state index is 0.598. The van der Waals surface area contributed by atoms with Gasteiger partial charge >= 0.3 is 0 Å². The molecule has 94 valence electrons. The van der Waals surface area contributed by atoms with E-state index in [0.717, 1.165) is 11.0 Å². The van der Waals surface area contributed by atoms with Crippen LogP contribution in [0.5, 0.6) is 0 Å². The van der Waals surface area contributed by atoms with E-state index >= 15 is 0 Å². The zero-order valence-corrected chi connectivity index (χ0v) is 12.0. The van der Waals surface area contributed by atoms with Gasteiger partial charge in [0.05, 0.1) is 5.69 Å². The Labute approximate surface area is 117 Å². The predicted octanol–water partition coefficient (Wildman–Crippen LogP) is 3.54. The van der Waals surface area contributed by atoms with Crippen molar-refractivity contribution in [2.75, 3.05) is 11.9 Å². The molecule has 0 atom stereocenters. The van der Waals surface area contributed by atoms with Crippen LogP contribution in [0.3, 0.4) is 0 Å². The van der Waals surface area contributed by atoms with Crippen molar-refractivity contribution < 1.29 is 0 Å². The first kappa shape index (κ1) is 13.1. The summed E-state index contributed by atoms with van der Waals surface area (Å²) < 4.78 is 1.12. The maximum Gasteiger partial charge on any atom is 0.0511 e. The molecule has 0 amide bonds. The van der Waals surface area contributed by atoms with Gasteiger partial charge in [-0.2, -0.15) is 0 Å². The highest BCUT2D eigenvalue weighted by Gasteiger charge is 2.05. The van der Waals surface area contributed by atoms with E-state index in [1.807, 2.05) is 12.1 Å². The van der Waals surface area contributed by atoms with E-state index in [0.29, 0.717) is 6.54 Å². The molecule has 2 aromatic rings. The summed E-state index contributed by atoms with van der Waals surface area (Å²) in [5.41, 5.74) is 9.24. The summed E-state index contributed by atoms with van der Waals surface area (Å²) in [6, 6.07) is 16.7. The number of benzene rings is 2. The molecule has 0 heterocycles. The molecule has 2 N–H and O–H groups in total. The van der Waals surface area contributed by atoms with Gasteiger partial charge in [0.15, 0.2) is 0 Å². The van der Waals surface area contributed by atoms with Crippen molar-refractivity contribution in [2.45, 2.75) is 13.1 Å². The van der Waals surface area contributed by atoms with Crippen molar-refractivity contribution in [3.05, 3.63) is 64.1 Å². The van der Waals surface area contributed by atoms with E-state index in [2.05, 4.69) is 64.3 Å². The molecule has 2 nitrogen and oxygen atoms in total. The van der Waals surface area contributed by atoms with Crippen LogP contribution in [0.15, 0.2) is 53.0 Å². The Hall–Kier alpha value is -1.32. The zero-order valence-electron chi connectivity index (χ0n) is 10.4. The van der Waals surface area contributed by atoms with E-state index in [9.17, 15) is 0 Å². The van der Waals surface area contributed by atoms with Gasteiger partial charge in [0.1, 0.15) is 0 Å². The molecule has 0 unspecified atom stereocenters. The van der Waals surface area contributed by atoms with Crippen LogP contribution in [0, 0.1) is 0 Å². The van der Waals surface area contributed by atoms with Gasteiger partial charge in [-0.1, -0.05) is 36.4 Å². The number of nitrogens with zero attached hydrogens (tertiary/aromatic N) is 1. The number of halogens is 1. The Kier molecular flexibility index (Phi) is 4.39. The quantitative estimate of drug-likeness (QED) is 0.936. The van der Waals surface area contributed by atoms with Gasteiger partial charge in [0.25, 0.3) is 0 Å². The van der Waals surface area contributed by atoms with Crippen LogP contribution < -0.4 is 10.6 Å². The summed E-state index contributed by atoms with van der Waals surface area (Å²) in [7, 11) is 2.09. The van der Waals surface area contributed by atoms with Gasteiger partial charge < -0.3 is 10.6 Å². The predicted molar refractivity (Wildman–Crippen MR) is 80.6 cm³/mol. The van der Waals surface area contributed by atoms with Gasteiger partial charge in [-0.05, 0) is 39.2 Å². The Morgan fingerprint density at radius 3 is 2.22 bits per heavy atom. The Morgan fingerprint density at radius 1 is 1.00 bits per heavy atom. The number of hydrogen-bond acceptors (Lipinski definition) is 2. The monoisotopic (exact) mass is 304 g/mol. The molecule has 2 aromatic carbocycles. The number of nitrogens with two attached hydrogens (primary N) is 1. The molecule has 0 saturated heterocycles. The Bertz CT molecular complexity index is 508. The third-order valence-corrected chi connectivity index (χ3v) is 3.61. The lowest BCUT2D eigenvalue weighted by Gasteiger charge is -2.20. The smallest absolute Gasteiger partial charge is 0.0511 e. The Balaban J connectivity index is 2.11. The molecule has 18 heavy (non-hydrogen) atoms. The highest BCUT2D eigenvalue weighted by molar-refractivity contribution is 9.10. The summed E-state index contributed by atoms with van der Waals surface area (Å²) >= 11 is 3.57. The van der Waals surface area contributed by atoms with E-state index in [1.54, 1.807) is 0 Å². The average Bonchev–Trinajstić information content (AvgIpc) is 2.40. The number of hydrogen-bond donors (Lipinski definition) is 1. The van der Waals surface area contributed by atoms with Gasteiger partial charge in [0, 0.05) is 24.6 Å². The minimum atomic E-state index is 0.598. The van der Waals surface area contributed by atoms with Gasteiger partial charge in [0.2, 0.25) is 0 Å². The van der Waals surface area contributed by atoms with Gasteiger partial charge in [-0.15, -0.1) is 0 Å². The van der Waals surface area contributed by atoms with Gasteiger partial charge in [-0.3, -0.25) is 0 Å². The highest BCUT2D eigenvalue weighted by atomic mass is 79.9. The van der Waals surface area contributed by atoms with E-state index in [1.165, 1.54) is 16.8 Å². The molecule has 0 aliphatic rings. The third kappa shape index (κ3) is 3.12. The molecule has 0 fully saturated rings. The van der Waals surface area contributed by atoms with E-state index in [4.69, 9.17) is 5.73 Å². The summed E-state index contributed by atoms with van der Waals surface area (Å²) in [4.78, 5) is 2.22. The molecule has 2 rings (SSSR count). The first-order valence-corrected chi connectivity index (χ1v) is 6.73. The fourth-order valence-electron chi connectivity index (χ4n) is 1.90. The topological polar surface area (TPSA) is 29.3 Å². The molecule has 0 bridgehead atoms. The first-order chi connectivity index (χ1) is 8.70. The zero-order chi connectivity index (χ0) is 13.0. The Morgan fingerprint density at radius 2 is 1.61 bits per heavy atom. The molecule has 0 spiro atoms. The highest BCUT2D eigenvalue weighted by Crippen LogP contribution is 2.25. The minimum Gasteiger partial charge on any atom is -0.369 e. The lowest BCUT2D eigenvalue weighted by Crippen LogP contribution is -2.16. The largest absolute Gasteiger partial charge is 0.369 e. The van der Waals surface area contributed by atoms with Crippen LogP contribution in [0.1, 0.15) is 11.1 Å². The van der Waals surface area contributed by atoms with Crippen LogP contribution in [-0.2, 0) is 13.1 Å². The lowest BCUT2D eigenvalue weighted by atomic mass is 10.1. The summed E-state index contributed by atoms with van der Waals surface area (Å²) in [5, 5.41) is 0. The second-order valence-electron chi connectivity index (χ2n) is 4.33. The fraction of sp³-hybridized carbons (Fsp3) is 0.200. The van der Waals surface area contributed by atoms with Crippen LogP contribution in [0.2, 0.25) is 0 Å². The summed E-state index contributed by atoms with van der Waals surface area (Å²) in [6.07, 6.45) is 0. The third-order valence-electron chi connectivity index (χ3n) is 2.94. The summed E-state index contributed by atoms with van der Waals surface area (Å²) in [5.74, 6) is 0.